The molecule has 3 rings (SSSR count). The first-order valence-corrected chi connectivity index (χ1v) is 9.81. The second-order valence-electron chi connectivity index (χ2n) is 6.17. The van der Waals surface area contributed by atoms with E-state index in [1.165, 1.54) is 0 Å². The Bertz CT molecular complexity index is 958. The summed E-state index contributed by atoms with van der Waals surface area (Å²) >= 11 is 6.01. The van der Waals surface area contributed by atoms with Crippen LogP contribution in [0.25, 0.3) is 11.4 Å². The minimum absolute atomic E-state index is 0.525. The highest BCUT2D eigenvalue weighted by molar-refractivity contribution is 6.30. The molecule has 0 unspecified atom stereocenters. The van der Waals surface area contributed by atoms with Gasteiger partial charge in [0.05, 0.1) is 6.61 Å². The molecule has 1 aromatic heterocycles. The van der Waals surface area contributed by atoms with Gasteiger partial charge in [-0.3, -0.25) is 4.99 Å². The number of guanidine groups is 1. The molecule has 8 heteroatoms. The second kappa shape index (κ2) is 10.5. The summed E-state index contributed by atoms with van der Waals surface area (Å²) in [5.41, 5.74) is 1.89. The summed E-state index contributed by atoms with van der Waals surface area (Å²) in [5.74, 6) is 2.63. The van der Waals surface area contributed by atoms with Crippen molar-refractivity contribution in [2.45, 2.75) is 19.9 Å². The summed E-state index contributed by atoms with van der Waals surface area (Å²) in [7, 11) is 1.73. The molecule has 0 aliphatic heterocycles. The van der Waals surface area contributed by atoms with Crippen molar-refractivity contribution in [2.75, 3.05) is 20.2 Å². The molecule has 2 N–H and O–H groups in total. The molecule has 0 amide bonds. The van der Waals surface area contributed by atoms with Crippen LogP contribution in [0.2, 0.25) is 5.02 Å². The van der Waals surface area contributed by atoms with E-state index in [0.717, 1.165) is 16.9 Å². The number of aliphatic imine (C=N–C) groups is 1. The van der Waals surface area contributed by atoms with Gasteiger partial charge in [0, 0.05) is 42.7 Å². The number of hydrogen-bond donors (Lipinski definition) is 2. The van der Waals surface area contributed by atoms with Crippen LogP contribution in [-0.4, -0.2) is 36.3 Å². The number of ether oxygens (including phenoxy) is 1. The van der Waals surface area contributed by atoms with Crippen LogP contribution in [0.1, 0.15) is 18.4 Å². The average molecular weight is 414 g/mol. The molecular formula is C21H24ClN5O2. The van der Waals surface area contributed by atoms with Gasteiger partial charge >= 0.3 is 0 Å². The maximum absolute atomic E-state index is 6.01. The number of nitrogens with one attached hydrogen (secondary N) is 2. The summed E-state index contributed by atoms with van der Waals surface area (Å²) < 4.78 is 11.0. The minimum atomic E-state index is 0.525. The molecule has 2 aromatic carbocycles. The molecule has 0 radical (unpaired) electrons. The van der Waals surface area contributed by atoms with Crippen molar-refractivity contribution in [1.82, 2.24) is 20.8 Å². The number of rotatable bonds is 8. The first-order chi connectivity index (χ1) is 14.2. The van der Waals surface area contributed by atoms with Crippen LogP contribution in [0.15, 0.2) is 58.0 Å². The molecule has 0 bridgehead atoms. The molecular weight excluding hydrogens is 390 g/mol. The molecule has 3 aromatic rings. The Balaban J connectivity index is 1.49. The zero-order chi connectivity index (χ0) is 20.5. The molecule has 7 nitrogen and oxygen atoms in total. The van der Waals surface area contributed by atoms with Gasteiger partial charge in [-0.25, -0.2) is 0 Å². The lowest BCUT2D eigenvalue weighted by Gasteiger charge is -2.13. The van der Waals surface area contributed by atoms with Crippen molar-refractivity contribution in [2.24, 2.45) is 4.99 Å². The summed E-state index contributed by atoms with van der Waals surface area (Å²) in [6.45, 7) is 3.81. The van der Waals surface area contributed by atoms with Crippen molar-refractivity contribution < 1.29 is 9.26 Å². The third-order valence-electron chi connectivity index (χ3n) is 4.12. The zero-order valence-electron chi connectivity index (χ0n) is 16.5. The van der Waals surface area contributed by atoms with Crippen molar-refractivity contribution in [1.29, 1.82) is 0 Å². The van der Waals surface area contributed by atoms with Gasteiger partial charge in [0.2, 0.25) is 11.7 Å². The summed E-state index contributed by atoms with van der Waals surface area (Å²) in [4.78, 5) is 8.66. The van der Waals surface area contributed by atoms with E-state index in [9.17, 15) is 0 Å². The molecule has 29 heavy (non-hydrogen) atoms. The summed E-state index contributed by atoms with van der Waals surface area (Å²) in [6.07, 6.45) is 0.573. The second-order valence-corrected chi connectivity index (χ2v) is 6.60. The molecule has 0 aliphatic carbocycles. The van der Waals surface area contributed by atoms with E-state index in [4.69, 9.17) is 20.9 Å². The normalized spacial score (nSPS) is 11.3. The number of hydrogen-bond acceptors (Lipinski definition) is 5. The fraction of sp³-hybridized carbons (Fsp3) is 0.286. The van der Waals surface area contributed by atoms with Gasteiger partial charge in [-0.2, -0.15) is 4.98 Å². The zero-order valence-corrected chi connectivity index (χ0v) is 17.2. The smallest absolute Gasteiger partial charge is 0.228 e. The Morgan fingerprint density at radius 3 is 2.83 bits per heavy atom. The highest BCUT2D eigenvalue weighted by Crippen LogP contribution is 2.20. The minimum Gasteiger partial charge on any atom is -0.494 e. The Kier molecular flexibility index (Phi) is 7.47. The van der Waals surface area contributed by atoms with Gasteiger partial charge in [0.1, 0.15) is 5.75 Å². The molecule has 0 fully saturated rings. The fourth-order valence-electron chi connectivity index (χ4n) is 2.73. The number of para-hydroxylation sites is 1. The molecule has 0 saturated carbocycles. The Hall–Kier alpha value is -3.06. The molecule has 0 atom stereocenters. The predicted molar refractivity (Wildman–Crippen MR) is 114 cm³/mol. The quantitative estimate of drug-likeness (QED) is 0.432. The van der Waals surface area contributed by atoms with Gasteiger partial charge in [-0.15, -0.1) is 0 Å². The fourth-order valence-corrected chi connectivity index (χ4v) is 2.93. The Morgan fingerprint density at radius 1 is 1.17 bits per heavy atom. The molecule has 0 saturated heterocycles. The van der Waals surface area contributed by atoms with Crippen LogP contribution >= 0.6 is 11.6 Å². The van der Waals surface area contributed by atoms with Crippen LogP contribution in [-0.2, 0) is 13.0 Å². The summed E-state index contributed by atoms with van der Waals surface area (Å²) in [6, 6.07) is 15.3. The van der Waals surface area contributed by atoms with E-state index >= 15 is 0 Å². The van der Waals surface area contributed by atoms with E-state index in [-0.39, 0.29) is 0 Å². The molecule has 1 heterocycles. The number of benzene rings is 2. The third kappa shape index (κ3) is 5.96. The van der Waals surface area contributed by atoms with E-state index < -0.39 is 0 Å². The van der Waals surface area contributed by atoms with E-state index in [1.807, 2.05) is 43.3 Å². The van der Waals surface area contributed by atoms with Crippen LogP contribution in [0.3, 0.4) is 0 Å². The van der Waals surface area contributed by atoms with Gasteiger partial charge in [-0.1, -0.05) is 47.1 Å². The number of halogens is 1. The first kappa shape index (κ1) is 20.7. The Morgan fingerprint density at radius 2 is 2.03 bits per heavy atom. The van der Waals surface area contributed by atoms with Crippen LogP contribution in [0.5, 0.6) is 5.75 Å². The Labute approximate surface area is 175 Å². The van der Waals surface area contributed by atoms with Crippen molar-refractivity contribution in [3.8, 4) is 17.1 Å². The molecule has 152 valence electrons. The van der Waals surface area contributed by atoms with E-state index in [2.05, 4.69) is 25.8 Å². The van der Waals surface area contributed by atoms with Gasteiger partial charge in [-0.05, 0) is 25.1 Å². The predicted octanol–water partition coefficient (Wildman–Crippen LogP) is 3.70. The van der Waals surface area contributed by atoms with Crippen LogP contribution in [0, 0.1) is 0 Å². The summed E-state index contributed by atoms with van der Waals surface area (Å²) in [5, 5.41) is 11.2. The lowest BCUT2D eigenvalue weighted by atomic mass is 10.2. The maximum Gasteiger partial charge on any atom is 0.228 e. The standard InChI is InChI=1S/C21H24ClN5O2/c1-3-28-18-10-5-4-7-16(18)14-25-21(23-2)24-12-11-19-26-20(27-29-19)15-8-6-9-17(22)13-15/h4-10,13H,3,11-12,14H2,1-2H3,(H2,23,24,25). The van der Waals surface area contributed by atoms with Crippen LogP contribution in [0.4, 0.5) is 0 Å². The number of aromatic nitrogens is 2. The lowest BCUT2D eigenvalue weighted by molar-refractivity contribution is 0.336. The largest absolute Gasteiger partial charge is 0.494 e. The topological polar surface area (TPSA) is 84.6 Å². The first-order valence-electron chi connectivity index (χ1n) is 9.43. The SMILES string of the molecule is CCOc1ccccc1CNC(=NC)NCCc1nc(-c2cccc(Cl)c2)no1. The molecule has 0 aliphatic rings. The van der Waals surface area contributed by atoms with E-state index in [0.29, 0.717) is 48.8 Å². The van der Waals surface area contributed by atoms with Crippen LogP contribution < -0.4 is 15.4 Å². The number of nitrogens with zero attached hydrogens (tertiary/aromatic N) is 3. The van der Waals surface area contributed by atoms with Gasteiger partial charge in [0.15, 0.2) is 5.96 Å². The lowest BCUT2D eigenvalue weighted by Crippen LogP contribution is -2.38. The van der Waals surface area contributed by atoms with E-state index in [1.54, 1.807) is 19.2 Å². The monoisotopic (exact) mass is 413 g/mol. The highest BCUT2D eigenvalue weighted by atomic mass is 35.5. The third-order valence-corrected chi connectivity index (χ3v) is 4.36. The van der Waals surface area contributed by atoms with Crippen molar-refractivity contribution in [3.63, 3.8) is 0 Å². The van der Waals surface area contributed by atoms with Crippen molar-refractivity contribution in [3.05, 3.63) is 65.0 Å². The highest BCUT2D eigenvalue weighted by Gasteiger charge is 2.09. The van der Waals surface area contributed by atoms with Gasteiger partial charge < -0.3 is 19.9 Å². The molecule has 0 spiro atoms. The maximum atomic E-state index is 6.01. The van der Waals surface area contributed by atoms with Gasteiger partial charge in [0.25, 0.3) is 0 Å². The van der Waals surface area contributed by atoms with Crippen molar-refractivity contribution >= 4 is 17.6 Å². The average Bonchev–Trinajstić information content (AvgIpc) is 3.21.